The normalized spacial score (nSPS) is 12.5. The molecule has 0 aliphatic carbocycles. The van der Waals surface area contributed by atoms with Crippen LogP contribution in [0.25, 0.3) is 0 Å². The fraction of sp³-hybridized carbons (Fsp3) is 0.143. The topological polar surface area (TPSA) is 20.2 Å². The molecular formula is C14H11BrCl2O. The molecule has 0 saturated heterocycles. The minimum Gasteiger partial charge on any atom is -0.384 e. The van der Waals surface area contributed by atoms with Gasteiger partial charge in [0.2, 0.25) is 0 Å². The van der Waals surface area contributed by atoms with Crippen molar-refractivity contribution in [2.75, 3.05) is 0 Å². The number of aliphatic hydroxyl groups excluding tert-OH is 1. The van der Waals surface area contributed by atoms with Gasteiger partial charge in [-0.2, -0.15) is 0 Å². The first-order chi connectivity index (χ1) is 8.49. The molecule has 0 radical (unpaired) electrons. The molecule has 0 spiro atoms. The van der Waals surface area contributed by atoms with Gasteiger partial charge in [0, 0.05) is 20.1 Å². The third kappa shape index (κ3) is 2.89. The molecule has 2 aromatic rings. The van der Waals surface area contributed by atoms with Crippen molar-refractivity contribution in [2.45, 2.75) is 13.0 Å². The van der Waals surface area contributed by atoms with E-state index in [0.29, 0.717) is 10.0 Å². The first-order valence-electron chi connectivity index (χ1n) is 5.38. The molecule has 4 heteroatoms. The summed E-state index contributed by atoms with van der Waals surface area (Å²) in [5.41, 5.74) is 2.45. The summed E-state index contributed by atoms with van der Waals surface area (Å²) in [6, 6.07) is 10.8. The van der Waals surface area contributed by atoms with E-state index in [2.05, 4.69) is 15.9 Å². The second kappa shape index (κ2) is 5.62. The van der Waals surface area contributed by atoms with Crippen molar-refractivity contribution in [1.82, 2.24) is 0 Å². The summed E-state index contributed by atoms with van der Waals surface area (Å²) in [5, 5.41) is 11.6. The number of benzene rings is 2. The SMILES string of the molecule is Cc1ccc(C(O)c2cc(Cl)ccc2Br)cc1Cl. The number of aryl methyl sites for hydroxylation is 1. The van der Waals surface area contributed by atoms with Crippen LogP contribution in [-0.4, -0.2) is 5.11 Å². The molecule has 0 fully saturated rings. The predicted octanol–water partition coefficient (Wildman–Crippen LogP) is 5.15. The van der Waals surface area contributed by atoms with Crippen LogP contribution >= 0.6 is 39.1 Å². The van der Waals surface area contributed by atoms with E-state index < -0.39 is 6.10 Å². The number of halogens is 3. The van der Waals surface area contributed by atoms with E-state index in [1.54, 1.807) is 18.2 Å². The Balaban J connectivity index is 2.44. The summed E-state index contributed by atoms with van der Waals surface area (Å²) in [6.45, 7) is 1.92. The molecule has 18 heavy (non-hydrogen) atoms. The van der Waals surface area contributed by atoms with Gasteiger partial charge in [0.05, 0.1) is 0 Å². The minimum atomic E-state index is -0.754. The van der Waals surface area contributed by atoms with Gasteiger partial charge in [-0.05, 0) is 42.3 Å². The maximum absolute atomic E-state index is 10.4. The fourth-order valence-electron chi connectivity index (χ4n) is 1.68. The monoisotopic (exact) mass is 344 g/mol. The zero-order valence-electron chi connectivity index (χ0n) is 9.62. The number of hydrogen-bond acceptors (Lipinski definition) is 1. The van der Waals surface area contributed by atoms with Crippen molar-refractivity contribution in [2.24, 2.45) is 0 Å². The van der Waals surface area contributed by atoms with Gasteiger partial charge in [-0.3, -0.25) is 0 Å². The maximum atomic E-state index is 10.4. The van der Waals surface area contributed by atoms with Crippen molar-refractivity contribution in [1.29, 1.82) is 0 Å². The Morgan fingerprint density at radius 3 is 2.50 bits per heavy atom. The van der Waals surface area contributed by atoms with E-state index in [1.165, 1.54) is 0 Å². The Morgan fingerprint density at radius 1 is 1.11 bits per heavy atom. The van der Waals surface area contributed by atoms with Crippen LogP contribution in [0.4, 0.5) is 0 Å². The van der Waals surface area contributed by atoms with E-state index in [0.717, 1.165) is 21.2 Å². The molecular weight excluding hydrogens is 335 g/mol. The third-order valence-corrected chi connectivity index (χ3v) is 4.13. The summed E-state index contributed by atoms with van der Waals surface area (Å²) in [5.74, 6) is 0. The number of aliphatic hydroxyl groups is 1. The molecule has 2 aromatic carbocycles. The van der Waals surface area contributed by atoms with Crippen molar-refractivity contribution < 1.29 is 5.11 Å². The van der Waals surface area contributed by atoms with E-state index in [4.69, 9.17) is 23.2 Å². The van der Waals surface area contributed by atoms with Gasteiger partial charge in [-0.1, -0.05) is 51.3 Å². The van der Waals surface area contributed by atoms with Gasteiger partial charge in [0.25, 0.3) is 0 Å². The zero-order chi connectivity index (χ0) is 13.3. The van der Waals surface area contributed by atoms with Crippen LogP contribution in [0.2, 0.25) is 10.0 Å². The van der Waals surface area contributed by atoms with Gasteiger partial charge in [-0.15, -0.1) is 0 Å². The largest absolute Gasteiger partial charge is 0.384 e. The Bertz CT molecular complexity index is 584. The fourth-order valence-corrected chi connectivity index (χ4v) is 2.52. The Kier molecular flexibility index (Phi) is 4.33. The lowest BCUT2D eigenvalue weighted by Gasteiger charge is -2.14. The highest BCUT2D eigenvalue weighted by Gasteiger charge is 2.15. The van der Waals surface area contributed by atoms with Crippen LogP contribution in [-0.2, 0) is 0 Å². The smallest absolute Gasteiger partial charge is 0.105 e. The molecule has 1 unspecified atom stereocenters. The Hall–Kier alpha value is -0.540. The summed E-state index contributed by atoms with van der Waals surface area (Å²) in [7, 11) is 0. The standard InChI is InChI=1S/C14H11BrCl2O/c1-8-2-3-9(6-13(8)17)14(18)11-7-10(16)4-5-12(11)15/h2-7,14,18H,1H3. The Labute approximate surface area is 124 Å². The highest BCUT2D eigenvalue weighted by Crippen LogP contribution is 2.32. The van der Waals surface area contributed by atoms with Crippen molar-refractivity contribution >= 4 is 39.1 Å². The van der Waals surface area contributed by atoms with Crippen LogP contribution in [0.1, 0.15) is 22.8 Å². The van der Waals surface area contributed by atoms with Crippen LogP contribution in [0.5, 0.6) is 0 Å². The summed E-state index contributed by atoms with van der Waals surface area (Å²) < 4.78 is 0.816. The van der Waals surface area contributed by atoms with Gasteiger partial charge in [0.15, 0.2) is 0 Å². The molecule has 0 aliphatic heterocycles. The quantitative estimate of drug-likeness (QED) is 0.798. The van der Waals surface area contributed by atoms with Crippen LogP contribution in [0.3, 0.4) is 0 Å². The molecule has 0 heterocycles. The van der Waals surface area contributed by atoms with Crippen LogP contribution in [0.15, 0.2) is 40.9 Å². The van der Waals surface area contributed by atoms with Crippen molar-refractivity contribution in [3.8, 4) is 0 Å². The van der Waals surface area contributed by atoms with E-state index in [9.17, 15) is 5.11 Å². The number of rotatable bonds is 2. The molecule has 0 aromatic heterocycles. The van der Waals surface area contributed by atoms with E-state index >= 15 is 0 Å². The average molecular weight is 346 g/mol. The molecule has 94 valence electrons. The minimum absolute atomic E-state index is 0.588. The van der Waals surface area contributed by atoms with E-state index in [-0.39, 0.29) is 0 Å². The average Bonchev–Trinajstić information content (AvgIpc) is 2.35. The highest BCUT2D eigenvalue weighted by atomic mass is 79.9. The second-order valence-corrected chi connectivity index (χ2v) is 5.77. The molecule has 0 amide bonds. The molecule has 1 atom stereocenters. The molecule has 1 N–H and O–H groups in total. The summed E-state index contributed by atoms with van der Waals surface area (Å²) in [6.07, 6.45) is -0.754. The predicted molar refractivity (Wildman–Crippen MR) is 79.4 cm³/mol. The molecule has 2 rings (SSSR count). The lowest BCUT2D eigenvalue weighted by molar-refractivity contribution is 0.219. The molecule has 0 bridgehead atoms. The van der Waals surface area contributed by atoms with Crippen LogP contribution in [0, 0.1) is 6.92 Å². The first-order valence-corrected chi connectivity index (χ1v) is 6.93. The highest BCUT2D eigenvalue weighted by molar-refractivity contribution is 9.10. The summed E-state index contributed by atoms with van der Waals surface area (Å²) >= 11 is 15.4. The van der Waals surface area contributed by atoms with Gasteiger partial charge >= 0.3 is 0 Å². The molecule has 0 aliphatic rings. The molecule has 1 nitrogen and oxygen atoms in total. The van der Waals surface area contributed by atoms with Crippen LogP contribution < -0.4 is 0 Å². The third-order valence-electron chi connectivity index (χ3n) is 2.76. The van der Waals surface area contributed by atoms with Gasteiger partial charge in [-0.25, -0.2) is 0 Å². The summed E-state index contributed by atoms with van der Waals surface area (Å²) in [4.78, 5) is 0. The van der Waals surface area contributed by atoms with E-state index in [1.807, 2.05) is 25.1 Å². The maximum Gasteiger partial charge on any atom is 0.105 e. The number of hydrogen-bond donors (Lipinski definition) is 1. The lowest BCUT2D eigenvalue weighted by atomic mass is 10.0. The van der Waals surface area contributed by atoms with Gasteiger partial charge < -0.3 is 5.11 Å². The lowest BCUT2D eigenvalue weighted by Crippen LogP contribution is -2.01. The zero-order valence-corrected chi connectivity index (χ0v) is 12.7. The van der Waals surface area contributed by atoms with Gasteiger partial charge in [0.1, 0.15) is 6.10 Å². The Morgan fingerprint density at radius 2 is 1.83 bits per heavy atom. The second-order valence-electron chi connectivity index (χ2n) is 4.08. The first kappa shape index (κ1) is 13.9. The van der Waals surface area contributed by atoms with Crippen molar-refractivity contribution in [3.63, 3.8) is 0 Å². The van der Waals surface area contributed by atoms with Crippen molar-refractivity contribution in [3.05, 3.63) is 67.6 Å². The molecule has 0 saturated carbocycles.